The van der Waals surface area contributed by atoms with E-state index in [4.69, 9.17) is 0 Å². The minimum Gasteiger partial charge on any atom is -0.481 e. The second kappa shape index (κ2) is 6.32. The molecule has 0 unspecified atom stereocenters. The summed E-state index contributed by atoms with van der Waals surface area (Å²) in [4.78, 5) is 14.3. The standard InChI is InChI=1S/C19H21NO2/c21-18(22)19(17-9-5-2-6-10-17)11-13-20(14-12-19)15-16-7-3-1-4-8-16/h1-10H,11-15H2,(H,21,22). The lowest BCUT2D eigenvalue weighted by atomic mass is 9.73. The molecule has 0 aliphatic carbocycles. The zero-order valence-electron chi connectivity index (χ0n) is 12.6. The van der Waals surface area contributed by atoms with Gasteiger partial charge in [-0.25, -0.2) is 0 Å². The summed E-state index contributed by atoms with van der Waals surface area (Å²) in [6, 6.07) is 20.0. The molecule has 1 heterocycles. The van der Waals surface area contributed by atoms with Crippen molar-refractivity contribution in [1.29, 1.82) is 0 Å². The number of carboxylic acid groups (broad SMARTS) is 1. The Morgan fingerprint density at radius 3 is 2.05 bits per heavy atom. The minimum atomic E-state index is -0.728. The maximum Gasteiger partial charge on any atom is 0.314 e. The molecular formula is C19H21NO2. The number of piperidine rings is 1. The highest BCUT2D eigenvalue weighted by atomic mass is 16.4. The highest BCUT2D eigenvalue weighted by Crippen LogP contribution is 2.36. The van der Waals surface area contributed by atoms with Gasteiger partial charge in [-0.05, 0) is 37.1 Å². The number of aliphatic carboxylic acids is 1. The lowest BCUT2D eigenvalue weighted by Gasteiger charge is -2.39. The molecule has 0 aromatic heterocycles. The SMILES string of the molecule is O=C(O)C1(c2ccccc2)CCN(Cc2ccccc2)CC1. The van der Waals surface area contributed by atoms with Crippen LogP contribution in [0.2, 0.25) is 0 Å². The molecule has 3 heteroatoms. The van der Waals surface area contributed by atoms with Crippen LogP contribution in [-0.2, 0) is 16.8 Å². The number of likely N-dealkylation sites (tertiary alicyclic amines) is 1. The van der Waals surface area contributed by atoms with Gasteiger partial charge in [0.2, 0.25) is 0 Å². The van der Waals surface area contributed by atoms with Crippen LogP contribution in [0.3, 0.4) is 0 Å². The molecule has 22 heavy (non-hydrogen) atoms. The number of benzene rings is 2. The summed E-state index contributed by atoms with van der Waals surface area (Å²) >= 11 is 0. The molecule has 0 radical (unpaired) electrons. The van der Waals surface area contributed by atoms with Gasteiger partial charge in [-0.2, -0.15) is 0 Å². The largest absolute Gasteiger partial charge is 0.481 e. The van der Waals surface area contributed by atoms with Crippen LogP contribution >= 0.6 is 0 Å². The first-order valence-electron chi connectivity index (χ1n) is 7.76. The highest BCUT2D eigenvalue weighted by molar-refractivity contribution is 5.81. The van der Waals surface area contributed by atoms with E-state index < -0.39 is 11.4 Å². The molecule has 0 amide bonds. The zero-order chi connectivity index (χ0) is 15.4. The van der Waals surface area contributed by atoms with E-state index in [-0.39, 0.29) is 0 Å². The van der Waals surface area contributed by atoms with E-state index in [9.17, 15) is 9.90 Å². The van der Waals surface area contributed by atoms with Crippen LogP contribution in [0, 0.1) is 0 Å². The molecule has 3 nitrogen and oxygen atoms in total. The van der Waals surface area contributed by atoms with E-state index in [1.807, 2.05) is 48.5 Å². The molecule has 3 rings (SSSR count). The molecule has 2 aromatic carbocycles. The molecule has 0 saturated carbocycles. The number of carbonyl (C=O) groups is 1. The van der Waals surface area contributed by atoms with Crippen molar-refractivity contribution in [3.8, 4) is 0 Å². The third kappa shape index (κ3) is 2.90. The van der Waals surface area contributed by atoms with Crippen molar-refractivity contribution in [2.45, 2.75) is 24.8 Å². The van der Waals surface area contributed by atoms with Crippen LogP contribution in [-0.4, -0.2) is 29.1 Å². The fourth-order valence-corrected chi connectivity index (χ4v) is 3.32. The predicted octanol–water partition coefficient (Wildman–Crippen LogP) is 3.31. The monoisotopic (exact) mass is 295 g/mol. The van der Waals surface area contributed by atoms with Crippen LogP contribution < -0.4 is 0 Å². The second-order valence-electron chi connectivity index (χ2n) is 6.02. The maximum atomic E-state index is 11.9. The Bertz CT molecular complexity index is 616. The summed E-state index contributed by atoms with van der Waals surface area (Å²) in [5.74, 6) is -0.696. The van der Waals surface area contributed by atoms with Crippen molar-refractivity contribution in [3.63, 3.8) is 0 Å². The lowest BCUT2D eigenvalue weighted by Crippen LogP contribution is -2.47. The van der Waals surface area contributed by atoms with Gasteiger partial charge < -0.3 is 5.11 Å². The van der Waals surface area contributed by atoms with Gasteiger partial charge in [0, 0.05) is 6.54 Å². The summed E-state index contributed by atoms with van der Waals surface area (Å²) in [6.07, 6.45) is 1.33. The molecule has 1 saturated heterocycles. The number of carboxylic acids is 1. The summed E-state index contributed by atoms with van der Waals surface area (Å²) in [5.41, 5.74) is 1.49. The maximum absolute atomic E-state index is 11.9. The molecule has 1 fully saturated rings. The smallest absolute Gasteiger partial charge is 0.314 e. The van der Waals surface area contributed by atoms with E-state index in [0.717, 1.165) is 25.2 Å². The number of nitrogens with zero attached hydrogens (tertiary/aromatic N) is 1. The molecule has 2 aromatic rings. The molecule has 0 atom stereocenters. The zero-order valence-corrected chi connectivity index (χ0v) is 12.6. The van der Waals surface area contributed by atoms with Crippen LogP contribution in [0.4, 0.5) is 0 Å². The van der Waals surface area contributed by atoms with E-state index in [0.29, 0.717) is 12.8 Å². The summed E-state index contributed by atoms with van der Waals surface area (Å²) in [5, 5.41) is 9.80. The first kappa shape index (κ1) is 14.8. The quantitative estimate of drug-likeness (QED) is 0.941. The van der Waals surface area contributed by atoms with Crippen molar-refractivity contribution in [2.75, 3.05) is 13.1 Å². The number of hydrogen-bond donors (Lipinski definition) is 1. The first-order valence-corrected chi connectivity index (χ1v) is 7.76. The van der Waals surface area contributed by atoms with Crippen LogP contribution in [0.25, 0.3) is 0 Å². The molecule has 1 aliphatic rings. The van der Waals surface area contributed by atoms with Crippen molar-refractivity contribution >= 4 is 5.97 Å². The average molecular weight is 295 g/mol. The Kier molecular flexibility index (Phi) is 4.25. The van der Waals surface area contributed by atoms with Gasteiger partial charge in [-0.1, -0.05) is 60.7 Å². The fraction of sp³-hybridized carbons (Fsp3) is 0.316. The predicted molar refractivity (Wildman–Crippen MR) is 86.7 cm³/mol. The van der Waals surface area contributed by atoms with Crippen molar-refractivity contribution < 1.29 is 9.90 Å². The molecule has 114 valence electrons. The Morgan fingerprint density at radius 2 is 1.50 bits per heavy atom. The van der Waals surface area contributed by atoms with E-state index in [2.05, 4.69) is 17.0 Å². The van der Waals surface area contributed by atoms with Crippen LogP contribution in [0.1, 0.15) is 24.0 Å². The van der Waals surface area contributed by atoms with Gasteiger partial charge in [0.1, 0.15) is 0 Å². The summed E-state index contributed by atoms with van der Waals surface area (Å²) in [6.45, 7) is 2.53. The van der Waals surface area contributed by atoms with Gasteiger partial charge in [-0.15, -0.1) is 0 Å². The third-order valence-corrected chi connectivity index (χ3v) is 4.69. The van der Waals surface area contributed by atoms with Gasteiger partial charge in [-0.3, -0.25) is 9.69 Å². The molecule has 1 N–H and O–H groups in total. The normalized spacial score (nSPS) is 18.0. The Hall–Kier alpha value is -2.13. The molecule has 0 spiro atoms. The second-order valence-corrected chi connectivity index (χ2v) is 6.02. The van der Waals surface area contributed by atoms with Gasteiger partial charge in [0.05, 0.1) is 5.41 Å². The van der Waals surface area contributed by atoms with Crippen molar-refractivity contribution in [2.24, 2.45) is 0 Å². The van der Waals surface area contributed by atoms with E-state index in [1.54, 1.807) is 0 Å². The molecular weight excluding hydrogens is 274 g/mol. The van der Waals surface area contributed by atoms with Crippen molar-refractivity contribution in [3.05, 3.63) is 71.8 Å². The number of hydrogen-bond acceptors (Lipinski definition) is 2. The van der Waals surface area contributed by atoms with Crippen molar-refractivity contribution in [1.82, 2.24) is 4.90 Å². The Labute approximate surface area is 131 Å². The lowest BCUT2D eigenvalue weighted by molar-refractivity contribution is -0.146. The number of rotatable bonds is 4. The molecule has 0 bridgehead atoms. The third-order valence-electron chi connectivity index (χ3n) is 4.69. The first-order chi connectivity index (χ1) is 10.7. The van der Waals surface area contributed by atoms with Crippen LogP contribution in [0.15, 0.2) is 60.7 Å². The van der Waals surface area contributed by atoms with Crippen LogP contribution in [0.5, 0.6) is 0 Å². The molecule has 1 aliphatic heterocycles. The topological polar surface area (TPSA) is 40.5 Å². The van der Waals surface area contributed by atoms with Gasteiger partial charge in [0.15, 0.2) is 0 Å². The average Bonchev–Trinajstić information content (AvgIpc) is 2.57. The van der Waals surface area contributed by atoms with Gasteiger partial charge in [0.25, 0.3) is 0 Å². The highest BCUT2D eigenvalue weighted by Gasteiger charge is 2.42. The summed E-state index contributed by atoms with van der Waals surface area (Å²) in [7, 11) is 0. The van der Waals surface area contributed by atoms with Gasteiger partial charge >= 0.3 is 5.97 Å². The Morgan fingerprint density at radius 1 is 0.955 bits per heavy atom. The Balaban J connectivity index is 1.72. The fourth-order valence-electron chi connectivity index (χ4n) is 3.32. The van der Waals surface area contributed by atoms with E-state index >= 15 is 0 Å². The van der Waals surface area contributed by atoms with E-state index in [1.165, 1.54) is 5.56 Å². The summed E-state index contributed by atoms with van der Waals surface area (Å²) < 4.78 is 0. The minimum absolute atomic E-state index is 0.666.